The van der Waals surface area contributed by atoms with Gasteiger partial charge in [0.25, 0.3) is 0 Å². The second-order valence-electron chi connectivity index (χ2n) is 8.73. The summed E-state index contributed by atoms with van der Waals surface area (Å²) in [7, 11) is 0. The number of aliphatic imine (C=N–C) groups is 1. The smallest absolute Gasteiger partial charge is 0.191 e. The number of guanidine groups is 1. The van der Waals surface area contributed by atoms with Crippen molar-refractivity contribution in [2.75, 3.05) is 65.6 Å². The first-order valence-corrected chi connectivity index (χ1v) is 12.0. The van der Waals surface area contributed by atoms with Crippen LogP contribution in [0.1, 0.15) is 38.8 Å². The fourth-order valence-electron chi connectivity index (χ4n) is 4.50. The molecule has 0 radical (unpaired) electrons. The summed E-state index contributed by atoms with van der Waals surface area (Å²) in [5.74, 6) is 0.619. The van der Waals surface area contributed by atoms with Crippen LogP contribution in [0.4, 0.5) is 4.39 Å². The van der Waals surface area contributed by atoms with E-state index < -0.39 is 0 Å². The van der Waals surface area contributed by atoms with E-state index in [0.29, 0.717) is 18.8 Å². The quantitative estimate of drug-likeness (QED) is 0.343. The number of nitrogens with zero attached hydrogens (tertiary/aromatic N) is 3. The highest BCUT2D eigenvalue weighted by molar-refractivity contribution is 5.79. The van der Waals surface area contributed by atoms with Crippen LogP contribution in [0.2, 0.25) is 0 Å². The highest BCUT2D eigenvalue weighted by atomic mass is 19.1. The summed E-state index contributed by atoms with van der Waals surface area (Å²) in [6.45, 7) is 14.9. The van der Waals surface area contributed by atoms with Gasteiger partial charge >= 0.3 is 0 Å². The number of hydrogen-bond donors (Lipinski definition) is 2. The summed E-state index contributed by atoms with van der Waals surface area (Å²) in [5, 5.41) is 6.84. The molecule has 1 aromatic rings. The largest absolute Gasteiger partial charge is 0.379 e. The average Bonchev–Trinajstić information content (AvgIpc) is 2.78. The summed E-state index contributed by atoms with van der Waals surface area (Å²) in [5.41, 5.74) is 1.09. The minimum atomic E-state index is -0.211. The molecule has 32 heavy (non-hydrogen) atoms. The third-order valence-electron chi connectivity index (χ3n) is 5.95. The lowest BCUT2D eigenvalue weighted by Crippen LogP contribution is -2.46. The Kier molecular flexibility index (Phi) is 10.2. The van der Waals surface area contributed by atoms with Crippen molar-refractivity contribution in [3.05, 3.63) is 35.6 Å². The fraction of sp³-hybridized carbons (Fsp3) is 0.708. The van der Waals surface area contributed by atoms with Gasteiger partial charge in [-0.25, -0.2) is 4.39 Å². The maximum absolute atomic E-state index is 13.5. The summed E-state index contributed by atoms with van der Waals surface area (Å²) in [4.78, 5) is 9.74. The molecule has 3 atom stereocenters. The van der Waals surface area contributed by atoms with E-state index in [1.165, 1.54) is 12.1 Å². The lowest BCUT2D eigenvalue weighted by atomic mass is 10.0. The molecule has 2 heterocycles. The standard InChI is InChI=1S/C24H40FN5O2/c1-4-26-24(27-10-5-11-29-17-19(2)32-20(3)18-29)28-16-23(30-12-14-31-15-13-30)21-6-8-22(25)9-7-21/h6-9,19-20,23H,4-5,10-18H2,1-3H3,(H2,26,27,28). The predicted octanol–water partition coefficient (Wildman–Crippen LogP) is 2.25. The second kappa shape index (κ2) is 13.1. The number of halogens is 1. The van der Waals surface area contributed by atoms with Gasteiger partial charge in [-0.05, 0) is 44.9 Å². The van der Waals surface area contributed by atoms with E-state index >= 15 is 0 Å². The lowest BCUT2D eigenvalue weighted by Gasteiger charge is -2.35. The predicted molar refractivity (Wildman–Crippen MR) is 127 cm³/mol. The molecule has 2 fully saturated rings. The molecule has 180 valence electrons. The summed E-state index contributed by atoms with van der Waals surface area (Å²) >= 11 is 0. The molecule has 3 unspecified atom stereocenters. The van der Waals surface area contributed by atoms with Gasteiger partial charge in [0.05, 0.1) is 38.0 Å². The monoisotopic (exact) mass is 449 g/mol. The van der Waals surface area contributed by atoms with Crippen LogP contribution < -0.4 is 10.6 Å². The Bertz CT molecular complexity index is 686. The second-order valence-corrected chi connectivity index (χ2v) is 8.73. The van der Waals surface area contributed by atoms with Gasteiger partial charge in [0.2, 0.25) is 0 Å². The van der Waals surface area contributed by atoms with Gasteiger partial charge < -0.3 is 20.1 Å². The molecule has 2 aliphatic rings. The molecule has 1 aromatic carbocycles. The Morgan fingerprint density at radius 2 is 1.81 bits per heavy atom. The van der Waals surface area contributed by atoms with E-state index in [4.69, 9.17) is 14.5 Å². The van der Waals surface area contributed by atoms with Gasteiger partial charge in [-0.1, -0.05) is 12.1 Å². The first kappa shape index (κ1) is 24.9. The van der Waals surface area contributed by atoms with Crippen molar-refractivity contribution in [3.63, 3.8) is 0 Å². The fourth-order valence-corrected chi connectivity index (χ4v) is 4.50. The van der Waals surface area contributed by atoms with E-state index in [1.807, 2.05) is 12.1 Å². The molecule has 2 saturated heterocycles. The van der Waals surface area contributed by atoms with Crippen molar-refractivity contribution in [2.24, 2.45) is 4.99 Å². The van der Waals surface area contributed by atoms with Crippen LogP contribution >= 0.6 is 0 Å². The van der Waals surface area contributed by atoms with Gasteiger partial charge in [-0.15, -0.1) is 0 Å². The number of rotatable bonds is 9. The Morgan fingerprint density at radius 3 is 2.47 bits per heavy atom. The first-order chi connectivity index (χ1) is 15.5. The van der Waals surface area contributed by atoms with Crippen LogP contribution in [0.25, 0.3) is 0 Å². The van der Waals surface area contributed by atoms with E-state index in [1.54, 1.807) is 0 Å². The maximum atomic E-state index is 13.5. The molecular weight excluding hydrogens is 409 g/mol. The molecule has 0 aliphatic carbocycles. The molecule has 2 aliphatic heterocycles. The number of benzene rings is 1. The van der Waals surface area contributed by atoms with Crippen molar-refractivity contribution in [1.29, 1.82) is 0 Å². The third-order valence-corrected chi connectivity index (χ3v) is 5.95. The highest BCUT2D eigenvalue weighted by Crippen LogP contribution is 2.22. The molecule has 0 aromatic heterocycles. The Hall–Kier alpha value is -1.74. The molecule has 8 heteroatoms. The van der Waals surface area contributed by atoms with Gasteiger partial charge in [0.1, 0.15) is 5.82 Å². The first-order valence-electron chi connectivity index (χ1n) is 12.0. The van der Waals surface area contributed by atoms with Crippen LogP contribution in [-0.4, -0.2) is 93.5 Å². The van der Waals surface area contributed by atoms with Gasteiger partial charge in [0.15, 0.2) is 5.96 Å². The third kappa shape index (κ3) is 7.99. The zero-order valence-electron chi connectivity index (χ0n) is 19.9. The van der Waals surface area contributed by atoms with Crippen LogP contribution in [-0.2, 0) is 9.47 Å². The van der Waals surface area contributed by atoms with Crippen molar-refractivity contribution in [2.45, 2.75) is 45.4 Å². The average molecular weight is 450 g/mol. The van der Waals surface area contributed by atoms with E-state index in [2.05, 4.69) is 41.2 Å². The van der Waals surface area contributed by atoms with E-state index in [9.17, 15) is 4.39 Å². The van der Waals surface area contributed by atoms with Crippen LogP contribution in [0.15, 0.2) is 29.3 Å². The SMILES string of the molecule is CCNC(=NCC(c1ccc(F)cc1)N1CCOCC1)NCCCN1CC(C)OC(C)C1. The Balaban J connectivity index is 1.55. The van der Waals surface area contributed by atoms with Crippen LogP contribution in [0, 0.1) is 5.82 Å². The zero-order valence-corrected chi connectivity index (χ0v) is 19.9. The number of nitrogens with one attached hydrogen (secondary N) is 2. The van der Waals surface area contributed by atoms with Crippen molar-refractivity contribution >= 4 is 5.96 Å². The summed E-state index contributed by atoms with van der Waals surface area (Å²) in [6, 6.07) is 6.91. The van der Waals surface area contributed by atoms with E-state index in [0.717, 1.165) is 77.0 Å². The molecule has 0 bridgehead atoms. The maximum Gasteiger partial charge on any atom is 0.191 e. The van der Waals surface area contributed by atoms with Crippen LogP contribution in [0.3, 0.4) is 0 Å². The number of ether oxygens (including phenoxy) is 2. The number of morpholine rings is 2. The summed E-state index contributed by atoms with van der Waals surface area (Å²) in [6.07, 6.45) is 1.65. The van der Waals surface area contributed by atoms with Gasteiger partial charge in [0, 0.05) is 45.8 Å². The normalized spacial score (nSPS) is 24.3. The molecule has 0 spiro atoms. The zero-order chi connectivity index (χ0) is 22.8. The lowest BCUT2D eigenvalue weighted by molar-refractivity contribution is -0.0679. The molecule has 3 rings (SSSR count). The number of hydrogen-bond acceptors (Lipinski definition) is 5. The topological polar surface area (TPSA) is 61.4 Å². The van der Waals surface area contributed by atoms with Gasteiger partial charge in [-0.3, -0.25) is 14.8 Å². The molecular formula is C24H40FN5O2. The Morgan fingerprint density at radius 1 is 1.12 bits per heavy atom. The van der Waals surface area contributed by atoms with Crippen molar-refractivity contribution in [3.8, 4) is 0 Å². The molecule has 7 nitrogen and oxygen atoms in total. The summed E-state index contributed by atoms with van der Waals surface area (Å²) < 4.78 is 24.8. The van der Waals surface area contributed by atoms with Crippen LogP contribution in [0.5, 0.6) is 0 Å². The minimum Gasteiger partial charge on any atom is -0.379 e. The van der Waals surface area contributed by atoms with Crippen molar-refractivity contribution in [1.82, 2.24) is 20.4 Å². The Labute approximate surface area is 192 Å². The minimum absolute atomic E-state index is 0.103. The van der Waals surface area contributed by atoms with Crippen molar-refractivity contribution < 1.29 is 13.9 Å². The molecule has 0 saturated carbocycles. The highest BCUT2D eigenvalue weighted by Gasteiger charge is 2.23. The molecule has 0 amide bonds. The van der Waals surface area contributed by atoms with E-state index in [-0.39, 0.29) is 11.9 Å². The van der Waals surface area contributed by atoms with Gasteiger partial charge in [-0.2, -0.15) is 0 Å². The molecule has 2 N–H and O–H groups in total.